The molecule has 0 atom stereocenters. The highest BCUT2D eigenvalue weighted by atomic mass is 35.5. The Bertz CT molecular complexity index is 744. The van der Waals surface area contributed by atoms with Gasteiger partial charge in [-0.3, -0.25) is 4.79 Å². The number of ether oxygens (including phenoxy) is 1. The van der Waals surface area contributed by atoms with Gasteiger partial charge in [0.15, 0.2) is 0 Å². The molecule has 2 aromatic carbocycles. The number of rotatable bonds is 6. The summed E-state index contributed by atoms with van der Waals surface area (Å²) in [6.45, 7) is 4.39. The third-order valence-corrected chi connectivity index (χ3v) is 4.64. The van der Waals surface area contributed by atoms with E-state index in [9.17, 15) is 4.79 Å². The molecule has 0 unspecified atom stereocenters. The van der Waals surface area contributed by atoms with Gasteiger partial charge in [-0.1, -0.05) is 42.3 Å². The van der Waals surface area contributed by atoms with Crippen molar-refractivity contribution in [3.05, 3.63) is 62.6 Å². The molecule has 0 aliphatic carbocycles. The van der Waals surface area contributed by atoms with Crippen molar-refractivity contribution in [2.75, 3.05) is 7.05 Å². The van der Waals surface area contributed by atoms with Gasteiger partial charge in [0.2, 0.25) is 5.91 Å². The molecule has 0 aliphatic rings. The molecule has 1 amide bonds. The zero-order chi connectivity index (χ0) is 17.7. The second-order valence-corrected chi connectivity index (χ2v) is 6.39. The lowest BCUT2D eigenvalue weighted by atomic mass is 10.0. The molecule has 0 heterocycles. The molecule has 0 aliphatic heterocycles. The molecule has 24 heavy (non-hydrogen) atoms. The van der Waals surface area contributed by atoms with Crippen LogP contribution >= 0.6 is 23.2 Å². The molecular formula is C19H21Cl2NO2. The lowest BCUT2D eigenvalue weighted by Gasteiger charge is -2.15. The fourth-order valence-corrected chi connectivity index (χ4v) is 3.02. The van der Waals surface area contributed by atoms with Crippen LogP contribution in [-0.2, 0) is 24.2 Å². The van der Waals surface area contributed by atoms with E-state index in [1.165, 1.54) is 5.56 Å². The Hall–Kier alpha value is -1.71. The number of halogens is 2. The Morgan fingerprint density at radius 1 is 1.17 bits per heavy atom. The normalized spacial score (nSPS) is 10.5. The van der Waals surface area contributed by atoms with Crippen LogP contribution in [0.5, 0.6) is 5.75 Å². The highest BCUT2D eigenvalue weighted by molar-refractivity contribution is 6.32. The van der Waals surface area contributed by atoms with Gasteiger partial charge in [0.05, 0.1) is 11.4 Å². The van der Waals surface area contributed by atoms with Crippen molar-refractivity contribution >= 4 is 29.1 Å². The van der Waals surface area contributed by atoms with E-state index in [0.29, 0.717) is 15.8 Å². The molecule has 0 radical (unpaired) electrons. The molecule has 0 bridgehead atoms. The highest BCUT2D eigenvalue weighted by Gasteiger charge is 2.13. The molecule has 3 nitrogen and oxygen atoms in total. The molecule has 2 aromatic rings. The number of likely N-dealkylation sites (N-methyl/N-ethyl adjacent to an activating group) is 1. The number of hydrogen-bond donors (Lipinski definition) is 1. The SMILES string of the molecule is CCc1cc(Cl)c(OCc2c(Cl)cccc2CC(=O)NC)cc1C. The summed E-state index contributed by atoms with van der Waals surface area (Å²) in [5.41, 5.74) is 3.99. The molecule has 0 spiro atoms. The first-order chi connectivity index (χ1) is 11.5. The second-order valence-electron chi connectivity index (χ2n) is 5.58. The van der Waals surface area contributed by atoms with Gasteiger partial charge in [0.25, 0.3) is 0 Å². The van der Waals surface area contributed by atoms with Gasteiger partial charge >= 0.3 is 0 Å². The number of benzene rings is 2. The number of amides is 1. The van der Waals surface area contributed by atoms with Crippen LogP contribution < -0.4 is 10.1 Å². The molecule has 1 N–H and O–H groups in total. The van der Waals surface area contributed by atoms with Crippen molar-refractivity contribution in [3.8, 4) is 5.75 Å². The Labute approximate surface area is 152 Å². The molecule has 0 saturated heterocycles. The molecule has 0 fully saturated rings. The first kappa shape index (κ1) is 18.6. The first-order valence-electron chi connectivity index (χ1n) is 7.84. The minimum atomic E-state index is -0.0697. The van der Waals surface area contributed by atoms with E-state index in [-0.39, 0.29) is 18.9 Å². The van der Waals surface area contributed by atoms with Crippen LogP contribution in [0.15, 0.2) is 30.3 Å². The fourth-order valence-electron chi connectivity index (χ4n) is 2.53. The van der Waals surface area contributed by atoms with E-state index >= 15 is 0 Å². The standard InChI is InChI=1S/C19H21Cl2NO2/c1-4-13-9-17(21)18(8-12(13)2)24-11-15-14(10-19(23)22-3)6-5-7-16(15)20/h5-9H,4,10-11H2,1-3H3,(H,22,23). The zero-order valence-corrected chi connectivity index (χ0v) is 15.6. The second kappa shape index (κ2) is 8.41. The summed E-state index contributed by atoms with van der Waals surface area (Å²) in [7, 11) is 1.61. The Kier molecular flexibility index (Phi) is 6.52. The van der Waals surface area contributed by atoms with Crippen molar-refractivity contribution in [2.24, 2.45) is 0 Å². The van der Waals surface area contributed by atoms with Gasteiger partial charge in [0, 0.05) is 17.6 Å². The quantitative estimate of drug-likeness (QED) is 0.803. The largest absolute Gasteiger partial charge is 0.487 e. The van der Waals surface area contributed by atoms with Crippen molar-refractivity contribution in [1.29, 1.82) is 0 Å². The van der Waals surface area contributed by atoms with Crippen LogP contribution in [0, 0.1) is 6.92 Å². The third-order valence-electron chi connectivity index (χ3n) is 3.99. The van der Waals surface area contributed by atoms with Crippen molar-refractivity contribution in [2.45, 2.75) is 33.3 Å². The number of carbonyl (C=O) groups excluding carboxylic acids is 1. The van der Waals surface area contributed by atoms with Crippen LogP contribution in [0.4, 0.5) is 0 Å². The summed E-state index contributed by atoms with van der Waals surface area (Å²) >= 11 is 12.6. The Morgan fingerprint density at radius 2 is 1.92 bits per heavy atom. The van der Waals surface area contributed by atoms with Crippen LogP contribution in [0.25, 0.3) is 0 Å². The number of hydrogen-bond acceptors (Lipinski definition) is 2. The average Bonchev–Trinajstić information content (AvgIpc) is 2.56. The van der Waals surface area contributed by atoms with Gasteiger partial charge in [-0.15, -0.1) is 0 Å². The van der Waals surface area contributed by atoms with Crippen molar-refractivity contribution in [3.63, 3.8) is 0 Å². The maximum absolute atomic E-state index is 11.7. The average molecular weight is 366 g/mol. The predicted molar refractivity (Wildman–Crippen MR) is 99.1 cm³/mol. The molecular weight excluding hydrogens is 345 g/mol. The molecule has 2 rings (SSSR count). The van der Waals surface area contributed by atoms with Crippen LogP contribution in [-0.4, -0.2) is 13.0 Å². The van der Waals surface area contributed by atoms with Gasteiger partial charge in [-0.2, -0.15) is 0 Å². The zero-order valence-electron chi connectivity index (χ0n) is 14.1. The van der Waals surface area contributed by atoms with Crippen molar-refractivity contribution in [1.82, 2.24) is 5.32 Å². The number of carbonyl (C=O) groups is 1. The van der Waals surface area contributed by atoms with Gasteiger partial charge < -0.3 is 10.1 Å². The first-order valence-corrected chi connectivity index (χ1v) is 8.60. The summed E-state index contributed by atoms with van der Waals surface area (Å²) in [5.74, 6) is 0.553. The molecule has 0 saturated carbocycles. The van der Waals surface area contributed by atoms with Crippen LogP contribution in [0.1, 0.15) is 29.2 Å². The van der Waals surface area contributed by atoms with E-state index in [1.54, 1.807) is 13.1 Å². The lowest BCUT2D eigenvalue weighted by molar-refractivity contribution is -0.119. The van der Waals surface area contributed by atoms with E-state index in [4.69, 9.17) is 27.9 Å². The number of aryl methyl sites for hydroxylation is 2. The lowest BCUT2D eigenvalue weighted by Crippen LogP contribution is -2.21. The fraction of sp³-hybridized carbons (Fsp3) is 0.316. The van der Waals surface area contributed by atoms with Gasteiger partial charge in [-0.05, 0) is 48.2 Å². The summed E-state index contributed by atoms with van der Waals surface area (Å²) in [5, 5.41) is 3.78. The Balaban J connectivity index is 2.23. The van der Waals surface area contributed by atoms with E-state index in [0.717, 1.165) is 23.1 Å². The molecule has 5 heteroatoms. The monoisotopic (exact) mass is 365 g/mol. The summed E-state index contributed by atoms with van der Waals surface area (Å²) in [4.78, 5) is 11.7. The van der Waals surface area contributed by atoms with Crippen LogP contribution in [0.3, 0.4) is 0 Å². The van der Waals surface area contributed by atoms with Crippen molar-refractivity contribution < 1.29 is 9.53 Å². The summed E-state index contributed by atoms with van der Waals surface area (Å²) < 4.78 is 5.89. The number of nitrogens with one attached hydrogen (secondary N) is 1. The van der Waals surface area contributed by atoms with Gasteiger partial charge in [0.1, 0.15) is 12.4 Å². The van der Waals surface area contributed by atoms with E-state index < -0.39 is 0 Å². The summed E-state index contributed by atoms with van der Waals surface area (Å²) in [6.07, 6.45) is 1.18. The van der Waals surface area contributed by atoms with Gasteiger partial charge in [-0.25, -0.2) is 0 Å². The topological polar surface area (TPSA) is 38.3 Å². The maximum atomic E-state index is 11.7. The van der Waals surface area contributed by atoms with E-state index in [1.807, 2.05) is 31.2 Å². The minimum absolute atomic E-state index is 0.0697. The third kappa shape index (κ3) is 4.43. The summed E-state index contributed by atoms with van der Waals surface area (Å²) in [6, 6.07) is 9.38. The smallest absolute Gasteiger partial charge is 0.224 e. The molecule has 0 aromatic heterocycles. The van der Waals surface area contributed by atoms with E-state index in [2.05, 4.69) is 12.2 Å². The van der Waals surface area contributed by atoms with Crippen LogP contribution in [0.2, 0.25) is 10.0 Å². The molecule has 128 valence electrons. The minimum Gasteiger partial charge on any atom is -0.487 e. The maximum Gasteiger partial charge on any atom is 0.224 e. The highest BCUT2D eigenvalue weighted by Crippen LogP contribution is 2.30. The Morgan fingerprint density at radius 3 is 2.58 bits per heavy atom. The predicted octanol–water partition coefficient (Wildman–Crippen LogP) is 4.73.